The summed E-state index contributed by atoms with van der Waals surface area (Å²) < 4.78 is 0. The number of halogens is 2. The standard InChI is InChI=1S/C20H32Cl2N2O6/c21-8-10-24(11-9-22)15-6-4-14(5-7-15)2-1-3-18(28)23-12-16(26)19(29)20(30)17(27)13-25/h4-7,16-17,19-20,25-27,29-30H,1-3,8-13H2,(H,23,28)/t16-,17-,19+,20-/m1/s1. The van der Waals surface area contributed by atoms with Crippen LogP contribution < -0.4 is 10.2 Å². The first-order valence-electron chi connectivity index (χ1n) is 9.89. The van der Waals surface area contributed by atoms with E-state index in [0.717, 1.165) is 11.3 Å². The molecule has 172 valence electrons. The number of rotatable bonds is 15. The predicted octanol–water partition coefficient (Wildman–Crippen LogP) is -0.155. The van der Waals surface area contributed by atoms with Crippen molar-refractivity contribution < 1.29 is 30.3 Å². The number of aliphatic hydroxyl groups excluding tert-OH is 5. The van der Waals surface area contributed by atoms with Gasteiger partial charge in [-0.05, 0) is 30.5 Å². The number of hydrogen-bond donors (Lipinski definition) is 6. The highest BCUT2D eigenvalue weighted by Crippen LogP contribution is 2.17. The van der Waals surface area contributed by atoms with Crippen molar-refractivity contribution in [3.63, 3.8) is 0 Å². The lowest BCUT2D eigenvalue weighted by atomic mass is 10.0. The summed E-state index contributed by atoms with van der Waals surface area (Å²) >= 11 is 11.6. The summed E-state index contributed by atoms with van der Waals surface area (Å²) in [5.41, 5.74) is 2.12. The van der Waals surface area contributed by atoms with Crippen LogP contribution in [0.1, 0.15) is 18.4 Å². The van der Waals surface area contributed by atoms with Crippen molar-refractivity contribution in [3.8, 4) is 0 Å². The van der Waals surface area contributed by atoms with E-state index in [9.17, 15) is 25.2 Å². The van der Waals surface area contributed by atoms with Crippen LogP contribution in [0.15, 0.2) is 24.3 Å². The normalized spacial score (nSPS) is 15.3. The fourth-order valence-corrected chi connectivity index (χ4v) is 3.30. The van der Waals surface area contributed by atoms with Gasteiger partial charge >= 0.3 is 0 Å². The first kappa shape index (κ1) is 26.9. The van der Waals surface area contributed by atoms with Crippen molar-refractivity contribution >= 4 is 34.8 Å². The molecule has 0 aliphatic rings. The summed E-state index contributed by atoms with van der Waals surface area (Å²) in [7, 11) is 0. The van der Waals surface area contributed by atoms with E-state index < -0.39 is 31.0 Å². The molecule has 30 heavy (non-hydrogen) atoms. The van der Waals surface area contributed by atoms with E-state index >= 15 is 0 Å². The molecule has 0 fully saturated rings. The van der Waals surface area contributed by atoms with Gasteiger partial charge in [0.25, 0.3) is 0 Å². The SMILES string of the molecule is O=C(CCCc1ccc(N(CCCl)CCCl)cc1)NC[C@@H](O)[C@H](O)[C@H](O)[C@H](O)CO. The van der Waals surface area contributed by atoms with Gasteiger partial charge < -0.3 is 35.7 Å². The number of carbonyl (C=O) groups is 1. The molecule has 0 saturated carbocycles. The smallest absolute Gasteiger partial charge is 0.220 e. The van der Waals surface area contributed by atoms with Crippen molar-refractivity contribution in [2.75, 3.05) is 42.9 Å². The third-order valence-electron chi connectivity index (χ3n) is 4.71. The molecule has 0 saturated heterocycles. The fourth-order valence-electron chi connectivity index (χ4n) is 2.89. The van der Waals surface area contributed by atoms with Crippen LogP contribution in [0.4, 0.5) is 5.69 Å². The van der Waals surface area contributed by atoms with Gasteiger partial charge in [0.15, 0.2) is 0 Å². The van der Waals surface area contributed by atoms with Crippen molar-refractivity contribution in [2.45, 2.75) is 43.7 Å². The molecular formula is C20H32Cl2N2O6. The van der Waals surface area contributed by atoms with Gasteiger partial charge in [-0.25, -0.2) is 0 Å². The topological polar surface area (TPSA) is 133 Å². The average molecular weight is 467 g/mol. The second-order valence-electron chi connectivity index (χ2n) is 6.99. The van der Waals surface area contributed by atoms with E-state index in [2.05, 4.69) is 10.2 Å². The minimum absolute atomic E-state index is 0.233. The van der Waals surface area contributed by atoms with Gasteiger partial charge in [0.2, 0.25) is 5.91 Å². The second kappa shape index (κ2) is 14.8. The van der Waals surface area contributed by atoms with Crippen molar-refractivity contribution in [2.24, 2.45) is 0 Å². The Labute approximate surface area is 187 Å². The summed E-state index contributed by atoms with van der Waals surface area (Å²) in [6.07, 6.45) is -4.92. The molecule has 0 aliphatic carbocycles. The lowest BCUT2D eigenvalue weighted by Crippen LogP contribution is -2.49. The maximum absolute atomic E-state index is 11.9. The van der Waals surface area contributed by atoms with Crippen molar-refractivity contribution in [1.82, 2.24) is 5.32 Å². The van der Waals surface area contributed by atoms with Crippen molar-refractivity contribution in [3.05, 3.63) is 29.8 Å². The third kappa shape index (κ3) is 9.34. The minimum atomic E-state index is -1.71. The zero-order valence-corrected chi connectivity index (χ0v) is 18.3. The number of benzene rings is 1. The Morgan fingerprint density at radius 1 is 0.967 bits per heavy atom. The fraction of sp³-hybridized carbons (Fsp3) is 0.650. The van der Waals surface area contributed by atoms with E-state index in [-0.39, 0.29) is 18.9 Å². The van der Waals surface area contributed by atoms with Gasteiger partial charge in [-0.15, -0.1) is 23.2 Å². The van der Waals surface area contributed by atoms with Crippen LogP contribution in [0.25, 0.3) is 0 Å². The van der Waals surface area contributed by atoms with Gasteiger partial charge in [0.05, 0.1) is 12.7 Å². The van der Waals surface area contributed by atoms with E-state index in [1.54, 1.807) is 0 Å². The van der Waals surface area contributed by atoms with Crippen LogP contribution >= 0.6 is 23.2 Å². The summed E-state index contributed by atoms with van der Waals surface area (Å²) in [6, 6.07) is 7.99. The maximum Gasteiger partial charge on any atom is 0.220 e. The Bertz CT molecular complexity index is 601. The number of carbonyl (C=O) groups excluding carboxylic acids is 1. The number of aliphatic hydroxyl groups is 5. The highest BCUT2D eigenvalue weighted by Gasteiger charge is 2.30. The molecule has 0 unspecified atom stereocenters. The third-order valence-corrected chi connectivity index (χ3v) is 5.05. The number of aryl methyl sites for hydroxylation is 1. The van der Waals surface area contributed by atoms with Gasteiger partial charge in [0, 0.05) is 43.5 Å². The summed E-state index contributed by atoms with van der Waals surface area (Å²) in [5, 5.41) is 49.6. The first-order chi connectivity index (χ1) is 14.3. The molecule has 1 rings (SSSR count). The molecule has 0 bridgehead atoms. The van der Waals surface area contributed by atoms with E-state index in [1.807, 2.05) is 24.3 Å². The summed E-state index contributed by atoms with van der Waals surface area (Å²) in [6.45, 7) is 0.394. The molecule has 0 heterocycles. The molecule has 0 spiro atoms. The van der Waals surface area contributed by atoms with Crippen LogP contribution in [0.3, 0.4) is 0 Å². The Morgan fingerprint density at radius 3 is 2.07 bits per heavy atom. The molecular weight excluding hydrogens is 435 g/mol. The molecule has 6 N–H and O–H groups in total. The van der Waals surface area contributed by atoms with E-state index in [1.165, 1.54) is 0 Å². The average Bonchev–Trinajstić information content (AvgIpc) is 2.76. The van der Waals surface area contributed by atoms with Crippen LogP contribution in [0, 0.1) is 0 Å². The number of alkyl halides is 2. The molecule has 0 radical (unpaired) electrons. The Morgan fingerprint density at radius 2 is 1.53 bits per heavy atom. The van der Waals surface area contributed by atoms with Crippen LogP contribution in [-0.4, -0.2) is 93.9 Å². The molecule has 0 aromatic heterocycles. The predicted molar refractivity (Wildman–Crippen MR) is 117 cm³/mol. The zero-order chi connectivity index (χ0) is 22.5. The van der Waals surface area contributed by atoms with Crippen molar-refractivity contribution in [1.29, 1.82) is 0 Å². The lowest BCUT2D eigenvalue weighted by Gasteiger charge is -2.25. The van der Waals surface area contributed by atoms with Crippen LogP contribution in [0.5, 0.6) is 0 Å². The Hall–Kier alpha value is -1.13. The second-order valence-corrected chi connectivity index (χ2v) is 7.74. The lowest BCUT2D eigenvalue weighted by molar-refractivity contribution is -0.126. The van der Waals surface area contributed by atoms with Gasteiger partial charge in [-0.3, -0.25) is 4.79 Å². The van der Waals surface area contributed by atoms with Gasteiger partial charge in [-0.2, -0.15) is 0 Å². The monoisotopic (exact) mass is 466 g/mol. The molecule has 8 nitrogen and oxygen atoms in total. The molecule has 0 aliphatic heterocycles. The maximum atomic E-state index is 11.9. The Balaban J connectivity index is 2.37. The highest BCUT2D eigenvalue weighted by atomic mass is 35.5. The number of hydrogen-bond acceptors (Lipinski definition) is 7. The van der Waals surface area contributed by atoms with Gasteiger partial charge in [0.1, 0.15) is 18.3 Å². The number of nitrogens with one attached hydrogen (secondary N) is 1. The Kier molecular flexibility index (Phi) is 13.3. The number of anilines is 1. The minimum Gasteiger partial charge on any atom is -0.394 e. The van der Waals surface area contributed by atoms with Crippen LogP contribution in [0.2, 0.25) is 0 Å². The molecule has 1 aromatic rings. The van der Waals surface area contributed by atoms with Gasteiger partial charge in [-0.1, -0.05) is 12.1 Å². The number of amides is 1. The summed E-state index contributed by atoms with van der Waals surface area (Å²) in [5.74, 6) is 0.728. The van der Waals surface area contributed by atoms with E-state index in [0.29, 0.717) is 37.7 Å². The molecule has 1 aromatic carbocycles. The molecule has 1 amide bonds. The molecule has 4 atom stereocenters. The zero-order valence-electron chi connectivity index (χ0n) is 16.8. The number of nitrogens with zero attached hydrogens (tertiary/aromatic N) is 1. The molecule has 10 heteroatoms. The largest absolute Gasteiger partial charge is 0.394 e. The quantitative estimate of drug-likeness (QED) is 0.198. The summed E-state index contributed by atoms with van der Waals surface area (Å²) in [4.78, 5) is 14.0. The van der Waals surface area contributed by atoms with Crippen LogP contribution in [-0.2, 0) is 11.2 Å². The highest BCUT2D eigenvalue weighted by molar-refractivity contribution is 6.18. The first-order valence-corrected chi connectivity index (χ1v) is 11.0. The van der Waals surface area contributed by atoms with E-state index in [4.69, 9.17) is 28.3 Å².